The smallest absolute Gasteiger partial charge is 0.309 e. The van der Waals surface area contributed by atoms with E-state index >= 15 is 0 Å². The number of hydrogen-bond donors (Lipinski definition) is 1. The summed E-state index contributed by atoms with van der Waals surface area (Å²) in [6, 6.07) is 0. The minimum absolute atomic E-state index is 0.0644. The molecule has 0 aliphatic heterocycles. The minimum atomic E-state index is -0.729. The fourth-order valence-corrected chi connectivity index (χ4v) is 10.8. The second-order valence-corrected chi connectivity index (χ2v) is 15.5. The predicted molar refractivity (Wildman–Crippen MR) is 143 cm³/mol. The molecular weight excluding hydrogens is 464 g/mol. The van der Waals surface area contributed by atoms with E-state index in [1.165, 1.54) is 12.5 Å². The first kappa shape index (κ1) is 26.9. The topological polar surface area (TPSA) is 80.7 Å². The number of carboxylic acid groups (broad SMARTS) is 1. The third kappa shape index (κ3) is 3.43. The third-order valence-electron chi connectivity index (χ3n) is 13.3. The quantitative estimate of drug-likeness (QED) is 0.404. The van der Waals surface area contributed by atoms with Crippen LogP contribution in [-0.4, -0.2) is 28.9 Å². The van der Waals surface area contributed by atoms with E-state index in [1.807, 2.05) is 13.0 Å². The van der Waals surface area contributed by atoms with Crippen LogP contribution in [0.2, 0.25) is 0 Å². The number of allylic oxidation sites excluding steroid dienone is 2. The average Bonchev–Trinajstić information content (AvgIpc) is 2.78. The molecule has 206 valence electrons. The van der Waals surface area contributed by atoms with Gasteiger partial charge in [0.05, 0.1) is 5.41 Å². The molecule has 5 aliphatic rings. The molecule has 0 bridgehead atoms. The number of aliphatic carboxylic acids is 1. The number of esters is 1. The highest BCUT2D eigenvalue weighted by Crippen LogP contribution is 2.75. The number of carboxylic acids is 1. The van der Waals surface area contributed by atoms with Gasteiger partial charge in [-0.25, -0.2) is 0 Å². The standard InChI is InChI=1S/C32H48O5/c1-19(33)37-24-10-11-30(6)23(27(24,2)3)9-12-32(8)25(30)22(34)17-20-21-18-29(5,26(35)36)14-13-28(21,4)15-16-31(20,32)7/h17,21,23-25H,9-16,18H2,1-8H3,(H,35,36)/t21-,23+,24+,25+,28+,29+,30+,31-,32+/m0/s1. The molecule has 5 nitrogen and oxygen atoms in total. The van der Waals surface area contributed by atoms with Gasteiger partial charge in [0, 0.05) is 18.3 Å². The minimum Gasteiger partial charge on any atom is -0.481 e. The zero-order valence-corrected chi connectivity index (χ0v) is 24.3. The maximum Gasteiger partial charge on any atom is 0.309 e. The molecule has 0 amide bonds. The Bertz CT molecular complexity index is 1070. The van der Waals surface area contributed by atoms with Gasteiger partial charge in [-0.3, -0.25) is 14.4 Å². The lowest BCUT2D eigenvalue weighted by atomic mass is 9.33. The number of fused-ring (bicyclic) bond motifs is 7. The van der Waals surface area contributed by atoms with Crippen LogP contribution in [0.5, 0.6) is 0 Å². The molecule has 4 saturated carbocycles. The number of ether oxygens (including phenoxy) is 1. The van der Waals surface area contributed by atoms with Gasteiger partial charge in [0.15, 0.2) is 5.78 Å². The van der Waals surface area contributed by atoms with Crippen LogP contribution < -0.4 is 0 Å². The summed E-state index contributed by atoms with van der Waals surface area (Å²) in [5.74, 6) is -0.280. The maximum absolute atomic E-state index is 14.4. The summed E-state index contributed by atoms with van der Waals surface area (Å²) in [5, 5.41) is 10.1. The molecule has 0 aromatic carbocycles. The average molecular weight is 513 g/mol. The summed E-state index contributed by atoms with van der Waals surface area (Å²) in [4.78, 5) is 38.5. The van der Waals surface area contributed by atoms with Gasteiger partial charge in [0.2, 0.25) is 0 Å². The highest BCUT2D eigenvalue weighted by atomic mass is 16.5. The largest absolute Gasteiger partial charge is 0.481 e. The molecule has 5 aliphatic carbocycles. The second-order valence-electron chi connectivity index (χ2n) is 15.5. The van der Waals surface area contributed by atoms with Crippen molar-refractivity contribution in [3.8, 4) is 0 Å². The Morgan fingerprint density at radius 1 is 0.919 bits per heavy atom. The third-order valence-corrected chi connectivity index (χ3v) is 13.3. The normalized spacial score (nSPS) is 50.5. The SMILES string of the molecule is CC(=O)O[C@@H]1CC[C@]2(C)[C@H](CC[C@]3(C)[C@@H]2C(=O)C=C2[C@@H]4C[C@](C)(C(=O)O)CC[C@]4(C)CC[C@@]23C)C1(C)C. The summed E-state index contributed by atoms with van der Waals surface area (Å²) in [6.45, 7) is 17.4. The van der Waals surface area contributed by atoms with E-state index in [9.17, 15) is 19.5 Å². The van der Waals surface area contributed by atoms with Crippen LogP contribution in [0.1, 0.15) is 113 Å². The van der Waals surface area contributed by atoms with Gasteiger partial charge in [-0.15, -0.1) is 0 Å². The van der Waals surface area contributed by atoms with Gasteiger partial charge in [0.1, 0.15) is 6.10 Å². The predicted octanol–water partition coefficient (Wildman–Crippen LogP) is 6.98. The summed E-state index contributed by atoms with van der Waals surface area (Å²) in [6.07, 6.45) is 10.0. The zero-order chi connectivity index (χ0) is 27.4. The van der Waals surface area contributed by atoms with Crippen LogP contribution in [0.4, 0.5) is 0 Å². The Balaban J connectivity index is 1.58. The zero-order valence-electron chi connectivity index (χ0n) is 24.3. The summed E-state index contributed by atoms with van der Waals surface area (Å²) in [5.41, 5.74) is -0.0327. The van der Waals surface area contributed by atoms with E-state index < -0.39 is 11.4 Å². The Morgan fingerprint density at radius 3 is 2.19 bits per heavy atom. The van der Waals surface area contributed by atoms with E-state index in [4.69, 9.17) is 4.74 Å². The van der Waals surface area contributed by atoms with Crippen molar-refractivity contribution in [1.82, 2.24) is 0 Å². The molecular formula is C32H48O5. The Labute approximate surface area is 223 Å². The van der Waals surface area contributed by atoms with Crippen LogP contribution >= 0.6 is 0 Å². The molecule has 0 unspecified atom stereocenters. The second kappa shape index (κ2) is 7.94. The number of carbonyl (C=O) groups is 3. The van der Waals surface area contributed by atoms with E-state index in [2.05, 4.69) is 41.5 Å². The fraction of sp³-hybridized carbons (Fsp3) is 0.844. The Morgan fingerprint density at radius 2 is 1.57 bits per heavy atom. The van der Waals surface area contributed by atoms with Gasteiger partial charge in [-0.2, -0.15) is 0 Å². The molecule has 0 radical (unpaired) electrons. The number of hydrogen-bond acceptors (Lipinski definition) is 4. The maximum atomic E-state index is 14.4. The number of ketones is 1. The van der Waals surface area contributed by atoms with Crippen molar-refractivity contribution >= 4 is 17.7 Å². The van der Waals surface area contributed by atoms with Gasteiger partial charge in [-0.05, 0) is 104 Å². The van der Waals surface area contributed by atoms with Crippen LogP contribution in [0.25, 0.3) is 0 Å². The highest BCUT2D eigenvalue weighted by Gasteiger charge is 2.70. The molecule has 0 saturated heterocycles. The monoisotopic (exact) mass is 512 g/mol. The molecule has 4 fully saturated rings. The number of rotatable bonds is 2. The van der Waals surface area contributed by atoms with E-state index in [0.29, 0.717) is 18.8 Å². The molecule has 9 atom stereocenters. The van der Waals surface area contributed by atoms with Crippen LogP contribution in [-0.2, 0) is 19.1 Å². The first-order valence-corrected chi connectivity index (χ1v) is 14.6. The van der Waals surface area contributed by atoms with Gasteiger partial charge in [-0.1, -0.05) is 47.1 Å². The molecule has 5 heteroatoms. The molecule has 0 heterocycles. The van der Waals surface area contributed by atoms with Gasteiger partial charge >= 0.3 is 11.9 Å². The lowest BCUT2D eigenvalue weighted by Crippen LogP contribution is -2.66. The van der Waals surface area contributed by atoms with Crippen molar-refractivity contribution in [2.75, 3.05) is 0 Å². The van der Waals surface area contributed by atoms with Crippen molar-refractivity contribution in [1.29, 1.82) is 0 Å². The lowest BCUT2D eigenvalue weighted by Gasteiger charge is -2.70. The van der Waals surface area contributed by atoms with Crippen molar-refractivity contribution in [2.45, 2.75) is 119 Å². The first-order valence-electron chi connectivity index (χ1n) is 14.6. The molecule has 5 rings (SSSR count). The van der Waals surface area contributed by atoms with Crippen LogP contribution in [0.15, 0.2) is 11.6 Å². The van der Waals surface area contributed by atoms with Gasteiger partial charge < -0.3 is 9.84 Å². The highest BCUT2D eigenvalue weighted by molar-refractivity contribution is 5.95. The Kier molecular flexibility index (Phi) is 5.78. The molecule has 0 aromatic heterocycles. The first-order chi connectivity index (χ1) is 16.9. The fourth-order valence-electron chi connectivity index (χ4n) is 10.8. The van der Waals surface area contributed by atoms with Gasteiger partial charge in [0.25, 0.3) is 0 Å². The number of carbonyl (C=O) groups excluding carboxylic acids is 2. The molecule has 0 spiro atoms. The van der Waals surface area contributed by atoms with E-state index in [1.54, 1.807) is 0 Å². The molecule has 37 heavy (non-hydrogen) atoms. The van der Waals surface area contributed by atoms with Crippen molar-refractivity contribution in [3.63, 3.8) is 0 Å². The van der Waals surface area contributed by atoms with Crippen LogP contribution in [0.3, 0.4) is 0 Å². The van der Waals surface area contributed by atoms with Crippen molar-refractivity contribution in [2.24, 2.45) is 50.2 Å². The van der Waals surface area contributed by atoms with Crippen molar-refractivity contribution < 1.29 is 24.2 Å². The van der Waals surface area contributed by atoms with Crippen molar-refractivity contribution in [3.05, 3.63) is 11.6 Å². The summed E-state index contributed by atoms with van der Waals surface area (Å²) >= 11 is 0. The molecule has 1 N–H and O–H groups in total. The summed E-state index contributed by atoms with van der Waals surface area (Å²) in [7, 11) is 0. The van der Waals surface area contributed by atoms with E-state index in [-0.39, 0.29) is 56.8 Å². The molecule has 0 aromatic rings. The summed E-state index contributed by atoms with van der Waals surface area (Å²) < 4.78 is 5.82. The van der Waals surface area contributed by atoms with Crippen LogP contribution in [0, 0.1) is 50.2 Å². The lowest BCUT2D eigenvalue weighted by molar-refractivity contribution is -0.210. The van der Waals surface area contributed by atoms with E-state index in [0.717, 1.165) is 44.9 Å². The Hall–Kier alpha value is -1.65.